The molecule has 0 saturated carbocycles. The normalized spacial score (nSPS) is 12.1. The standard InChI is InChI=1S/C22H20N4O3/c1-12-7-8-18-15(10-12)13(2)20(29-18)22(28)24-14(3)17-11-19(27)26-21(25-17)16-6-4-5-9-23-16/h4-11,14H,1-3H3,(H,24,28)(H,25,26,27)/t14-/m1/s1. The lowest BCUT2D eigenvalue weighted by Crippen LogP contribution is -2.28. The zero-order chi connectivity index (χ0) is 20.5. The van der Waals surface area contributed by atoms with Gasteiger partial charge in [0.25, 0.3) is 11.5 Å². The topological polar surface area (TPSA) is 101 Å². The van der Waals surface area contributed by atoms with Gasteiger partial charge in [-0.2, -0.15) is 0 Å². The van der Waals surface area contributed by atoms with Gasteiger partial charge >= 0.3 is 0 Å². The van der Waals surface area contributed by atoms with Crippen LogP contribution in [0.1, 0.15) is 40.3 Å². The molecule has 29 heavy (non-hydrogen) atoms. The number of H-pyrrole nitrogens is 1. The van der Waals surface area contributed by atoms with Gasteiger partial charge in [-0.05, 0) is 45.0 Å². The van der Waals surface area contributed by atoms with Crippen molar-refractivity contribution in [3.8, 4) is 11.5 Å². The molecule has 2 N–H and O–H groups in total. The van der Waals surface area contributed by atoms with Crippen LogP contribution in [0.4, 0.5) is 0 Å². The first kappa shape index (κ1) is 18.6. The van der Waals surface area contributed by atoms with E-state index in [1.165, 1.54) is 6.07 Å². The molecule has 1 aromatic carbocycles. The lowest BCUT2D eigenvalue weighted by molar-refractivity contribution is 0.0912. The summed E-state index contributed by atoms with van der Waals surface area (Å²) in [5.74, 6) is 0.252. The van der Waals surface area contributed by atoms with Gasteiger partial charge in [-0.25, -0.2) is 4.98 Å². The molecule has 1 atom stereocenters. The van der Waals surface area contributed by atoms with E-state index < -0.39 is 6.04 Å². The van der Waals surface area contributed by atoms with E-state index in [-0.39, 0.29) is 17.2 Å². The van der Waals surface area contributed by atoms with Crippen LogP contribution in [0.5, 0.6) is 0 Å². The van der Waals surface area contributed by atoms with E-state index in [9.17, 15) is 9.59 Å². The summed E-state index contributed by atoms with van der Waals surface area (Å²) in [6.07, 6.45) is 1.62. The number of hydrogen-bond donors (Lipinski definition) is 2. The number of furan rings is 1. The van der Waals surface area contributed by atoms with E-state index in [4.69, 9.17) is 4.42 Å². The third kappa shape index (κ3) is 3.67. The lowest BCUT2D eigenvalue weighted by Gasteiger charge is -2.13. The molecule has 3 heterocycles. The molecule has 0 radical (unpaired) electrons. The number of aromatic amines is 1. The summed E-state index contributed by atoms with van der Waals surface area (Å²) in [6.45, 7) is 5.62. The van der Waals surface area contributed by atoms with Gasteiger partial charge in [0.15, 0.2) is 11.6 Å². The Labute approximate surface area is 166 Å². The van der Waals surface area contributed by atoms with E-state index in [2.05, 4.69) is 20.3 Å². The van der Waals surface area contributed by atoms with Gasteiger partial charge in [0.05, 0.1) is 11.7 Å². The number of aryl methyl sites for hydroxylation is 2. The highest BCUT2D eigenvalue weighted by Crippen LogP contribution is 2.26. The molecular formula is C22H20N4O3. The molecule has 4 rings (SSSR count). The summed E-state index contributed by atoms with van der Waals surface area (Å²) >= 11 is 0. The molecule has 146 valence electrons. The van der Waals surface area contributed by atoms with Gasteiger partial charge in [0.1, 0.15) is 11.3 Å². The van der Waals surface area contributed by atoms with Crippen LogP contribution in [0.25, 0.3) is 22.5 Å². The Morgan fingerprint density at radius 2 is 2.00 bits per heavy atom. The number of hydrogen-bond acceptors (Lipinski definition) is 5. The van der Waals surface area contributed by atoms with E-state index >= 15 is 0 Å². The molecule has 0 aliphatic rings. The fourth-order valence-corrected chi connectivity index (χ4v) is 3.21. The lowest BCUT2D eigenvalue weighted by atomic mass is 10.1. The molecular weight excluding hydrogens is 368 g/mol. The zero-order valence-electron chi connectivity index (χ0n) is 16.3. The number of fused-ring (bicyclic) bond motifs is 1. The number of carbonyl (C=O) groups is 1. The van der Waals surface area contributed by atoms with Gasteiger partial charge in [0.2, 0.25) is 0 Å². The summed E-state index contributed by atoms with van der Waals surface area (Å²) in [5, 5.41) is 3.78. The summed E-state index contributed by atoms with van der Waals surface area (Å²) in [4.78, 5) is 36.3. The van der Waals surface area contributed by atoms with Crippen molar-refractivity contribution in [2.24, 2.45) is 0 Å². The largest absolute Gasteiger partial charge is 0.451 e. The van der Waals surface area contributed by atoms with Gasteiger partial charge in [-0.3, -0.25) is 14.6 Å². The molecule has 4 aromatic rings. The summed E-state index contributed by atoms with van der Waals surface area (Å²) in [7, 11) is 0. The van der Waals surface area contributed by atoms with E-state index in [1.807, 2.05) is 38.1 Å². The van der Waals surface area contributed by atoms with Gasteiger partial charge < -0.3 is 14.7 Å². The van der Waals surface area contributed by atoms with Crippen molar-refractivity contribution in [2.75, 3.05) is 0 Å². The Hall–Kier alpha value is -3.74. The van der Waals surface area contributed by atoms with Crippen molar-refractivity contribution in [3.05, 3.63) is 81.6 Å². The number of rotatable bonds is 4. The van der Waals surface area contributed by atoms with E-state index in [0.717, 1.165) is 16.5 Å². The Balaban J connectivity index is 1.62. The molecule has 0 spiro atoms. The number of benzene rings is 1. The molecule has 0 unspecified atom stereocenters. The maximum atomic E-state index is 12.8. The van der Waals surface area contributed by atoms with Crippen LogP contribution in [-0.2, 0) is 0 Å². The number of aromatic nitrogens is 3. The molecule has 3 aromatic heterocycles. The monoisotopic (exact) mass is 388 g/mol. The minimum Gasteiger partial charge on any atom is -0.451 e. The average molecular weight is 388 g/mol. The molecule has 7 nitrogen and oxygen atoms in total. The molecule has 0 fully saturated rings. The third-order valence-electron chi connectivity index (χ3n) is 4.76. The first-order valence-corrected chi connectivity index (χ1v) is 9.25. The first-order chi connectivity index (χ1) is 13.9. The maximum absolute atomic E-state index is 12.8. The highest BCUT2D eigenvalue weighted by molar-refractivity contribution is 5.99. The Morgan fingerprint density at radius 3 is 2.76 bits per heavy atom. The maximum Gasteiger partial charge on any atom is 0.287 e. The van der Waals surface area contributed by atoms with Crippen LogP contribution >= 0.6 is 0 Å². The molecule has 0 aliphatic carbocycles. The van der Waals surface area contributed by atoms with Crippen LogP contribution in [0.15, 0.2) is 57.9 Å². The van der Waals surface area contributed by atoms with Crippen LogP contribution < -0.4 is 10.9 Å². The number of amides is 1. The van der Waals surface area contributed by atoms with Gasteiger partial charge in [-0.1, -0.05) is 17.7 Å². The minimum absolute atomic E-state index is 0.257. The van der Waals surface area contributed by atoms with Crippen molar-refractivity contribution in [1.82, 2.24) is 20.3 Å². The van der Waals surface area contributed by atoms with Crippen LogP contribution in [0.3, 0.4) is 0 Å². The smallest absolute Gasteiger partial charge is 0.287 e. The average Bonchev–Trinajstić information content (AvgIpc) is 3.04. The van der Waals surface area contributed by atoms with Crippen LogP contribution in [0, 0.1) is 13.8 Å². The van der Waals surface area contributed by atoms with E-state index in [1.54, 1.807) is 25.3 Å². The summed E-state index contributed by atoms with van der Waals surface area (Å²) in [5.41, 5.74) is 3.21. The fourth-order valence-electron chi connectivity index (χ4n) is 3.21. The third-order valence-corrected chi connectivity index (χ3v) is 4.76. The van der Waals surface area contributed by atoms with Crippen molar-refractivity contribution in [1.29, 1.82) is 0 Å². The number of pyridine rings is 1. The zero-order valence-corrected chi connectivity index (χ0v) is 16.3. The van der Waals surface area contributed by atoms with Crippen molar-refractivity contribution < 1.29 is 9.21 Å². The highest BCUT2D eigenvalue weighted by atomic mass is 16.3. The Kier molecular flexibility index (Phi) is 4.72. The second-order valence-electron chi connectivity index (χ2n) is 6.98. The second-order valence-corrected chi connectivity index (χ2v) is 6.98. The van der Waals surface area contributed by atoms with Crippen molar-refractivity contribution >= 4 is 16.9 Å². The van der Waals surface area contributed by atoms with E-state index in [0.29, 0.717) is 22.8 Å². The predicted molar refractivity (Wildman–Crippen MR) is 110 cm³/mol. The number of nitrogens with zero attached hydrogens (tertiary/aromatic N) is 2. The van der Waals surface area contributed by atoms with Crippen LogP contribution in [0.2, 0.25) is 0 Å². The number of nitrogens with one attached hydrogen (secondary N) is 2. The predicted octanol–water partition coefficient (Wildman–Crippen LogP) is 3.69. The van der Waals surface area contributed by atoms with Gasteiger partial charge in [0, 0.05) is 23.2 Å². The quantitative estimate of drug-likeness (QED) is 0.555. The minimum atomic E-state index is -0.499. The van der Waals surface area contributed by atoms with Crippen molar-refractivity contribution in [3.63, 3.8) is 0 Å². The molecule has 7 heteroatoms. The number of carbonyl (C=O) groups excluding carboxylic acids is 1. The van der Waals surface area contributed by atoms with Crippen molar-refractivity contribution in [2.45, 2.75) is 26.8 Å². The first-order valence-electron chi connectivity index (χ1n) is 9.25. The SMILES string of the molecule is Cc1ccc2oc(C(=O)N[C@H](C)c3cc(=O)[nH]c(-c4ccccn4)n3)c(C)c2c1. The summed E-state index contributed by atoms with van der Waals surface area (Å²) < 4.78 is 5.76. The fraction of sp³-hybridized carbons (Fsp3) is 0.182. The highest BCUT2D eigenvalue weighted by Gasteiger charge is 2.21. The Bertz CT molecular complexity index is 1260. The molecule has 1 amide bonds. The molecule has 0 bridgehead atoms. The van der Waals surface area contributed by atoms with Gasteiger partial charge in [-0.15, -0.1) is 0 Å². The van der Waals surface area contributed by atoms with Crippen LogP contribution in [-0.4, -0.2) is 20.9 Å². The Morgan fingerprint density at radius 1 is 1.17 bits per heavy atom. The summed E-state index contributed by atoms with van der Waals surface area (Å²) in [6, 6.07) is 12.0. The second kappa shape index (κ2) is 7.35. The molecule has 0 aliphatic heterocycles. The molecule has 0 saturated heterocycles.